The third-order valence-corrected chi connectivity index (χ3v) is 2.59. The zero-order valence-corrected chi connectivity index (χ0v) is 10.3. The lowest BCUT2D eigenvalue weighted by Gasteiger charge is -2.04. The lowest BCUT2D eigenvalue weighted by atomic mass is 10.3. The molecular formula is C12H8BrO4-. The predicted molar refractivity (Wildman–Crippen MR) is 61.5 cm³/mol. The molecule has 0 N–H and O–H groups in total. The van der Waals surface area contributed by atoms with Crippen molar-refractivity contribution >= 4 is 21.9 Å². The number of carbonyl (C=O) groups excluding carboxylic acids is 1. The largest absolute Gasteiger partial charge is 0.542 e. The monoisotopic (exact) mass is 295 g/mol. The van der Waals surface area contributed by atoms with Gasteiger partial charge in [0.25, 0.3) is 0 Å². The summed E-state index contributed by atoms with van der Waals surface area (Å²) in [5.41, 5.74) is 0. The zero-order valence-electron chi connectivity index (χ0n) is 8.68. The Morgan fingerprint density at radius 3 is 2.53 bits per heavy atom. The Balaban J connectivity index is 1.97. The second-order valence-electron chi connectivity index (χ2n) is 3.30. The molecule has 2 aromatic rings. The van der Waals surface area contributed by atoms with Crippen LogP contribution in [0.4, 0.5) is 0 Å². The van der Waals surface area contributed by atoms with Crippen LogP contribution in [0.15, 0.2) is 45.3 Å². The van der Waals surface area contributed by atoms with Crippen molar-refractivity contribution in [3.63, 3.8) is 0 Å². The topological polar surface area (TPSA) is 62.5 Å². The fourth-order valence-corrected chi connectivity index (χ4v) is 1.51. The quantitative estimate of drug-likeness (QED) is 0.865. The fraction of sp³-hybridized carbons (Fsp3) is 0.0833. The Bertz CT molecular complexity index is 516. The first-order chi connectivity index (χ1) is 8.15. The maximum Gasteiger partial charge on any atom is 0.149 e. The number of carboxylic acids is 1. The average Bonchev–Trinajstić information content (AvgIpc) is 2.77. The highest BCUT2D eigenvalue weighted by Gasteiger charge is 2.03. The smallest absolute Gasteiger partial charge is 0.149 e. The summed E-state index contributed by atoms with van der Waals surface area (Å²) in [5, 5.41) is 10.5. The van der Waals surface area contributed by atoms with Crippen LogP contribution in [0.1, 0.15) is 16.3 Å². The number of hydrogen-bond acceptors (Lipinski definition) is 4. The van der Waals surface area contributed by atoms with Crippen LogP contribution >= 0.6 is 15.9 Å². The molecule has 4 nitrogen and oxygen atoms in total. The Morgan fingerprint density at radius 1 is 1.24 bits per heavy atom. The summed E-state index contributed by atoms with van der Waals surface area (Å²) in [5.74, 6) is -0.411. The molecule has 0 saturated heterocycles. The van der Waals surface area contributed by atoms with Gasteiger partial charge < -0.3 is 19.1 Å². The molecule has 0 aliphatic heterocycles. The molecule has 88 valence electrons. The van der Waals surface area contributed by atoms with E-state index in [1.165, 1.54) is 6.07 Å². The maximum absolute atomic E-state index is 10.5. The van der Waals surface area contributed by atoms with Gasteiger partial charge in [-0.2, -0.15) is 0 Å². The predicted octanol–water partition coefficient (Wildman–Crippen LogP) is 1.98. The first-order valence-electron chi connectivity index (χ1n) is 4.83. The van der Waals surface area contributed by atoms with Gasteiger partial charge in [0.15, 0.2) is 0 Å². The lowest BCUT2D eigenvalue weighted by molar-refractivity contribution is -0.257. The van der Waals surface area contributed by atoms with Gasteiger partial charge in [0.2, 0.25) is 0 Å². The van der Waals surface area contributed by atoms with Gasteiger partial charge in [-0.1, -0.05) is 15.9 Å². The number of furan rings is 1. The SMILES string of the molecule is O=C([O-])c1ccc(COc2ccc(Br)cc2)o1. The molecule has 1 heterocycles. The van der Waals surface area contributed by atoms with E-state index in [1.807, 2.05) is 12.1 Å². The van der Waals surface area contributed by atoms with Crippen LogP contribution in [0, 0.1) is 0 Å². The second-order valence-corrected chi connectivity index (χ2v) is 4.21. The number of carbonyl (C=O) groups is 1. The summed E-state index contributed by atoms with van der Waals surface area (Å²) in [7, 11) is 0. The van der Waals surface area contributed by atoms with E-state index in [2.05, 4.69) is 15.9 Å². The van der Waals surface area contributed by atoms with E-state index in [-0.39, 0.29) is 12.4 Å². The molecule has 0 saturated carbocycles. The Kier molecular flexibility index (Phi) is 3.49. The Morgan fingerprint density at radius 2 is 1.94 bits per heavy atom. The van der Waals surface area contributed by atoms with Crippen LogP contribution in [-0.4, -0.2) is 5.97 Å². The van der Waals surface area contributed by atoms with E-state index in [4.69, 9.17) is 9.15 Å². The van der Waals surface area contributed by atoms with Gasteiger partial charge in [-0.25, -0.2) is 0 Å². The van der Waals surface area contributed by atoms with Gasteiger partial charge in [0, 0.05) is 4.47 Å². The minimum atomic E-state index is -1.33. The van der Waals surface area contributed by atoms with Crippen molar-refractivity contribution in [2.75, 3.05) is 0 Å². The highest BCUT2D eigenvalue weighted by Crippen LogP contribution is 2.17. The maximum atomic E-state index is 10.5. The molecule has 0 radical (unpaired) electrons. The van der Waals surface area contributed by atoms with Gasteiger partial charge in [0.05, 0.1) is 0 Å². The van der Waals surface area contributed by atoms with Crippen LogP contribution < -0.4 is 9.84 Å². The van der Waals surface area contributed by atoms with Gasteiger partial charge in [-0.3, -0.25) is 0 Å². The highest BCUT2D eigenvalue weighted by molar-refractivity contribution is 9.10. The molecule has 0 aliphatic carbocycles. The molecule has 0 spiro atoms. The standard InChI is InChI=1S/C12H9BrO4/c13-8-1-3-9(4-2-8)16-7-10-5-6-11(17-10)12(14)15/h1-6H,7H2,(H,14,15)/p-1. The molecular weight excluding hydrogens is 288 g/mol. The van der Waals surface area contributed by atoms with Crippen LogP contribution in [0.25, 0.3) is 0 Å². The molecule has 17 heavy (non-hydrogen) atoms. The van der Waals surface area contributed by atoms with Crippen LogP contribution in [0.5, 0.6) is 5.75 Å². The van der Waals surface area contributed by atoms with Gasteiger partial charge in [-0.05, 0) is 36.4 Å². The molecule has 0 atom stereocenters. The molecule has 0 bridgehead atoms. The van der Waals surface area contributed by atoms with Crippen LogP contribution in [0.2, 0.25) is 0 Å². The molecule has 1 aromatic heterocycles. The molecule has 0 amide bonds. The van der Waals surface area contributed by atoms with Gasteiger partial charge in [0.1, 0.15) is 29.8 Å². The van der Waals surface area contributed by atoms with E-state index >= 15 is 0 Å². The van der Waals surface area contributed by atoms with Crippen molar-refractivity contribution in [3.8, 4) is 5.75 Å². The summed E-state index contributed by atoms with van der Waals surface area (Å²) in [6.45, 7) is 0.176. The normalized spacial score (nSPS) is 10.2. The third kappa shape index (κ3) is 3.10. The first-order valence-corrected chi connectivity index (χ1v) is 5.63. The van der Waals surface area contributed by atoms with E-state index in [0.29, 0.717) is 11.5 Å². The van der Waals surface area contributed by atoms with Crippen molar-refractivity contribution in [2.45, 2.75) is 6.61 Å². The fourth-order valence-electron chi connectivity index (χ4n) is 1.25. The van der Waals surface area contributed by atoms with Gasteiger partial charge in [-0.15, -0.1) is 0 Å². The molecule has 5 heteroatoms. The van der Waals surface area contributed by atoms with E-state index < -0.39 is 5.97 Å². The van der Waals surface area contributed by atoms with Crippen molar-refractivity contribution in [1.29, 1.82) is 0 Å². The van der Waals surface area contributed by atoms with E-state index in [9.17, 15) is 9.90 Å². The van der Waals surface area contributed by atoms with Crippen molar-refractivity contribution < 1.29 is 19.1 Å². The molecule has 2 rings (SSSR count). The van der Waals surface area contributed by atoms with Crippen LogP contribution in [0.3, 0.4) is 0 Å². The van der Waals surface area contributed by atoms with Gasteiger partial charge >= 0.3 is 0 Å². The number of carboxylic acid groups (broad SMARTS) is 1. The van der Waals surface area contributed by atoms with Crippen molar-refractivity contribution in [1.82, 2.24) is 0 Å². The number of hydrogen-bond donors (Lipinski definition) is 0. The second kappa shape index (κ2) is 5.05. The average molecular weight is 296 g/mol. The number of ether oxygens (including phenoxy) is 1. The third-order valence-electron chi connectivity index (χ3n) is 2.06. The Labute approximate surface area is 106 Å². The number of aromatic carboxylic acids is 1. The molecule has 1 aromatic carbocycles. The molecule has 0 fully saturated rings. The van der Waals surface area contributed by atoms with Crippen molar-refractivity contribution in [3.05, 3.63) is 52.4 Å². The lowest BCUT2D eigenvalue weighted by Crippen LogP contribution is -2.21. The number of rotatable bonds is 4. The zero-order chi connectivity index (χ0) is 12.3. The minimum absolute atomic E-state index is 0.176. The van der Waals surface area contributed by atoms with Crippen molar-refractivity contribution in [2.24, 2.45) is 0 Å². The van der Waals surface area contributed by atoms with E-state index in [1.54, 1.807) is 18.2 Å². The minimum Gasteiger partial charge on any atom is -0.542 e. The number of benzene rings is 1. The van der Waals surface area contributed by atoms with Crippen LogP contribution in [-0.2, 0) is 6.61 Å². The summed E-state index contributed by atoms with van der Waals surface area (Å²) < 4.78 is 11.4. The van der Waals surface area contributed by atoms with E-state index in [0.717, 1.165) is 4.47 Å². The molecule has 0 unspecified atom stereocenters. The summed E-state index contributed by atoms with van der Waals surface area (Å²) in [4.78, 5) is 10.5. The Hall–Kier alpha value is -1.75. The summed E-state index contributed by atoms with van der Waals surface area (Å²) >= 11 is 3.31. The first kappa shape index (κ1) is 11.7. The number of halogens is 1. The summed E-state index contributed by atoms with van der Waals surface area (Å²) in [6, 6.07) is 10.2. The highest BCUT2D eigenvalue weighted by atomic mass is 79.9. The summed E-state index contributed by atoms with van der Waals surface area (Å²) in [6.07, 6.45) is 0. The molecule has 0 aliphatic rings.